The van der Waals surface area contributed by atoms with Crippen molar-refractivity contribution in [2.45, 2.75) is 124 Å². The lowest BCUT2D eigenvalue weighted by Gasteiger charge is -2.13. The molecule has 0 bridgehead atoms. The largest absolute Gasteiger partial charge is 0.481 e. The van der Waals surface area contributed by atoms with Gasteiger partial charge in [-0.1, -0.05) is 118 Å². The van der Waals surface area contributed by atoms with E-state index < -0.39 is 5.97 Å². The van der Waals surface area contributed by atoms with Crippen LogP contribution in [0.1, 0.15) is 124 Å². The summed E-state index contributed by atoms with van der Waals surface area (Å²) in [6.07, 6.45) is 19.7. The molecule has 0 fully saturated rings. The van der Waals surface area contributed by atoms with Gasteiger partial charge in [0, 0.05) is 0 Å². The first kappa shape index (κ1) is 24.5. The van der Waals surface area contributed by atoms with Crippen LogP contribution in [0.4, 0.5) is 0 Å². The van der Waals surface area contributed by atoms with Gasteiger partial charge >= 0.3 is 5.97 Å². The summed E-state index contributed by atoms with van der Waals surface area (Å²) in [4.78, 5) is 10.8. The van der Waals surface area contributed by atoms with Crippen LogP contribution in [0.15, 0.2) is 0 Å². The molecule has 2 heteroatoms. The van der Waals surface area contributed by atoms with Gasteiger partial charge in [0.25, 0.3) is 0 Å². The Morgan fingerprint density at radius 1 is 0.640 bits per heavy atom. The van der Waals surface area contributed by atoms with Gasteiger partial charge in [-0.3, -0.25) is 4.79 Å². The Morgan fingerprint density at radius 2 is 1.00 bits per heavy atom. The molecule has 0 aliphatic heterocycles. The molecule has 0 aliphatic carbocycles. The standard InChI is InChI=1S/C23H46O2/c1-5-6-7-10-15-20(2)16-11-8-12-17-21(3)18-13-9-14-19-22(4)23(24)25/h20-22H,5-19H2,1-4H3,(H,24,25). The molecule has 1 N–H and O–H groups in total. The predicted octanol–water partition coefficient (Wildman–Crippen LogP) is 7.85. The van der Waals surface area contributed by atoms with Crippen molar-refractivity contribution in [3.05, 3.63) is 0 Å². The second-order valence-electron chi connectivity index (χ2n) is 8.57. The van der Waals surface area contributed by atoms with E-state index in [-0.39, 0.29) is 5.92 Å². The normalized spacial score (nSPS) is 15.0. The van der Waals surface area contributed by atoms with E-state index >= 15 is 0 Å². The van der Waals surface area contributed by atoms with Gasteiger partial charge in [-0.2, -0.15) is 0 Å². The fraction of sp³-hybridized carbons (Fsp3) is 0.957. The molecule has 3 unspecified atom stereocenters. The highest BCUT2D eigenvalue weighted by Crippen LogP contribution is 2.21. The van der Waals surface area contributed by atoms with Crippen LogP contribution in [0, 0.1) is 17.8 Å². The second kappa shape index (κ2) is 16.9. The van der Waals surface area contributed by atoms with Gasteiger partial charge in [0.05, 0.1) is 5.92 Å². The smallest absolute Gasteiger partial charge is 0.306 e. The van der Waals surface area contributed by atoms with Crippen molar-refractivity contribution in [1.82, 2.24) is 0 Å². The minimum absolute atomic E-state index is 0.175. The third-order valence-electron chi connectivity index (χ3n) is 5.70. The average Bonchev–Trinajstić information content (AvgIpc) is 2.57. The molecule has 0 spiro atoms. The fourth-order valence-electron chi connectivity index (χ4n) is 3.61. The Balaban J connectivity index is 3.37. The molecular formula is C23H46O2. The number of carboxylic acid groups (broad SMARTS) is 1. The topological polar surface area (TPSA) is 37.3 Å². The van der Waals surface area contributed by atoms with E-state index in [1.807, 2.05) is 6.92 Å². The second-order valence-corrected chi connectivity index (χ2v) is 8.57. The number of carbonyl (C=O) groups is 1. The van der Waals surface area contributed by atoms with Crippen LogP contribution in [0.2, 0.25) is 0 Å². The third kappa shape index (κ3) is 16.7. The third-order valence-corrected chi connectivity index (χ3v) is 5.70. The minimum Gasteiger partial charge on any atom is -0.481 e. The maximum Gasteiger partial charge on any atom is 0.306 e. The van der Waals surface area contributed by atoms with Crippen molar-refractivity contribution < 1.29 is 9.90 Å². The van der Waals surface area contributed by atoms with Gasteiger partial charge < -0.3 is 5.11 Å². The molecular weight excluding hydrogens is 308 g/mol. The highest BCUT2D eigenvalue weighted by Gasteiger charge is 2.10. The van der Waals surface area contributed by atoms with Crippen molar-refractivity contribution in [3.63, 3.8) is 0 Å². The maximum atomic E-state index is 10.8. The SMILES string of the molecule is CCCCCCC(C)CCCCCC(C)CCCCCC(C)C(=O)O. The van der Waals surface area contributed by atoms with Crippen LogP contribution in [-0.4, -0.2) is 11.1 Å². The molecule has 0 aromatic carbocycles. The number of unbranched alkanes of at least 4 members (excludes halogenated alkanes) is 7. The molecule has 25 heavy (non-hydrogen) atoms. The summed E-state index contributed by atoms with van der Waals surface area (Å²) in [7, 11) is 0. The highest BCUT2D eigenvalue weighted by molar-refractivity contribution is 5.69. The lowest BCUT2D eigenvalue weighted by molar-refractivity contribution is -0.141. The Kier molecular flexibility index (Phi) is 16.6. The average molecular weight is 355 g/mol. The van der Waals surface area contributed by atoms with Crippen LogP contribution in [0.5, 0.6) is 0 Å². The summed E-state index contributed by atoms with van der Waals surface area (Å²) in [5.41, 5.74) is 0. The predicted molar refractivity (Wildman–Crippen MR) is 110 cm³/mol. The van der Waals surface area contributed by atoms with Crippen molar-refractivity contribution in [2.24, 2.45) is 17.8 Å². The number of carboxylic acids is 1. The molecule has 0 aromatic heterocycles. The van der Waals surface area contributed by atoms with E-state index in [2.05, 4.69) is 20.8 Å². The zero-order chi connectivity index (χ0) is 18.9. The van der Waals surface area contributed by atoms with Crippen LogP contribution < -0.4 is 0 Å². The highest BCUT2D eigenvalue weighted by atomic mass is 16.4. The molecule has 0 heterocycles. The fourth-order valence-corrected chi connectivity index (χ4v) is 3.61. The first-order valence-electron chi connectivity index (χ1n) is 11.2. The van der Waals surface area contributed by atoms with Crippen LogP contribution in [-0.2, 0) is 4.79 Å². The van der Waals surface area contributed by atoms with E-state index in [4.69, 9.17) is 5.11 Å². The number of hydrogen-bond donors (Lipinski definition) is 1. The summed E-state index contributed by atoms with van der Waals surface area (Å²) in [6, 6.07) is 0. The van der Waals surface area contributed by atoms with Gasteiger partial charge in [-0.25, -0.2) is 0 Å². The lowest BCUT2D eigenvalue weighted by Crippen LogP contribution is -2.08. The molecule has 2 nitrogen and oxygen atoms in total. The summed E-state index contributed by atoms with van der Waals surface area (Å²) in [6.45, 7) is 8.91. The molecule has 0 saturated carbocycles. The van der Waals surface area contributed by atoms with E-state index in [0.29, 0.717) is 0 Å². The summed E-state index contributed by atoms with van der Waals surface area (Å²) < 4.78 is 0. The lowest BCUT2D eigenvalue weighted by atomic mass is 9.93. The molecule has 0 aliphatic rings. The van der Waals surface area contributed by atoms with Gasteiger partial charge in [-0.15, -0.1) is 0 Å². The molecule has 0 radical (unpaired) electrons. The van der Waals surface area contributed by atoms with Crippen molar-refractivity contribution in [3.8, 4) is 0 Å². The van der Waals surface area contributed by atoms with Crippen molar-refractivity contribution in [2.75, 3.05) is 0 Å². The van der Waals surface area contributed by atoms with Gasteiger partial charge in [0.1, 0.15) is 0 Å². The van der Waals surface area contributed by atoms with Gasteiger partial charge in [-0.05, 0) is 18.3 Å². The summed E-state index contributed by atoms with van der Waals surface area (Å²) in [5, 5.41) is 8.87. The Hall–Kier alpha value is -0.530. The van der Waals surface area contributed by atoms with Crippen LogP contribution in [0.3, 0.4) is 0 Å². The van der Waals surface area contributed by atoms with Crippen LogP contribution in [0.25, 0.3) is 0 Å². The molecule has 0 saturated heterocycles. The molecule has 3 atom stereocenters. The maximum absolute atomic E-state index is 10.8. The van der Waals surface area contributed by atoms with E-state index in [1.165, 1.54) is 83.5 Å². The van der Waals surface area contributed by atoms with E-state index in [9.17, 15) is 4.79 Å². The van der Waals surface area contributed by atoms with Crippen LogP contribution >= 0.6 is 0 Å². The van der Waals surface area contributed by atoms with E-state index in [1.54, 1.807) is 0 Å². The Labute approximate surface area is 158 Å². The van der Waals surface area contributed by atoms with Crippen molar-refractivity contribution >= 4 is 5.97 Å². The van der Waals surface area contributed by atoms with Crippen molar-refractivity contribution in [1.29, 1.82) is 0 Å². The minimum atomic E-state index is -0.649. The molecule has 0 rings (SSSR count). The zero-order valence-electron chi connectivity index (χ0n) is 17.7. The number of aliphatic carboxylic acids is 1. The monoisotopic (exact) mass is 354 g/mol. The summed E-state index contributed by atoms with van der Waals surface area (Å²) in [5.74, 6) is 0.931. The Morgan fingerprint density at radius 3 is 1.36 bits per heavy atom. The molecule has 150 valence electrons. The Bertz CT molecular complexity index is 300. The van der Waals surface area contributed by atoms with Gasteiger partial charge in [0.15, 0.2) is 0 Å². The van der Waals surface area contributed by atoms with E-state index in [0.717, 1.165) is 24.7 Å². The molecule has 0 aromatic rings. The quantitative estimate of drug-likeness (QED) is 0.254. The summed E-state index contributed by atoms with van der Waals surface area (Å²) >= 11 is 0. The first-order chi connectivity index (χ1) is 12.0. The molecule has 0 amide bonds. The first-order valence-corrected chi connectivity index (χ1v) is 11.2. The van der Waals surface area contributed by atoms with Gasteiger partial charge in [0.2, 0.25) is 0 Å². The number of rotatable bonds is 18. The zero-order valence-corrected chi connectivity index (χ0v) is 17.7. The number of hydrogen-bond acceptors (Lipinski definition) is 1.